The van der Waals surface area contributed by atoms with Crippen LogP contribution in [0.25, 0.3) is 22.3 Å². The third-order valence-corrected chi connectivity index (χ3v) is 3.16. The minimum absolute atomic E-state index is 0.370. The summed E-state index contributed by atoms with van der Waals surface area (Å²) in [5, 5.41) is 0. The van der Waals surface area contributed by atoms with E-state index < -0.39 is 11.6 Å². The molecule has 2 N–H and O–H groups in total. The number of rotatable bonds is 3. The third-order valence-electron chi connectivity index (χ3n) is 3.16. The minimum Gasteiger partial charge on any atom is -0.330 e. The number of benzene rings is 2. The van der Waals surface area contributed by atoms with Gasteiger partial charge >= 0.3 is 0 Å². The van der Waals surface area contributed by atoms with E-state index in [4.69, 9.17) is 5.73 Å². The Morgan fingerprint density at radius 3 is 2.14 bits per heavy atom. The normalized spacial score (nSPS) is 11.0. The number of para-hydroxylation sites is 2. The Morgan fingerprint density at radius 2 is 1.52 bits per heavy atom. The molecular weight excluding hydrogens is 272 g/mol. The molecular formula is C16H13F2N3. The Labute approximate surface area is 120 Å². The van der Waals surface area contributed by atoms with Crippen molar-refractivity contribution in [1.82, 2.24) is 9.97 Å². The number of halogens is 2. The molecule has 0 radical (unpaired) electrons. The molecule has 1 heterocycles. The lowest BCUT2D eigenvalue weighted by molar-refractivity contribution is 0.584. The fourth-order valence-electron chi connectivity index (χ4n) is 2.27. The van der Waals surface area contributed by atoms with Gasteiger partial charge < -0.3 is 5.73 Å². The first kappa shape index (κ1) is 13.6. The van der Waals surface area contributed by atoms with Crippen LogP contribution in [0.3, 0.4) is 0 Å². The van der Waals surface area contributed by atoms with Gasteiger partial charge in [0.25, 0.3) is 0 Å². The van der Waals surface area contributed by atoms with Gasteiger partial charge in [-0.15, -0.1) is 0 Å². The first-order chi connectivity index (χ1) is 10.2. The molecule has 0 fully saturated rings. The molecule has 0 bridgehead atoms. The summed E-state index contributed by atoms with van der Waals surface area (Å²) in [4.78, 5) is 9.01. The van der Waals surface area contributed by atoms with E-state index >= 15 is 0 Å². The number of nitrogens with two attached hydrogens (primary N) is 1. The molecule has 0 aliphatic heterocycles. The average molecular weight is 285 g/mol. The van der Waals surface area contributed by atoms with Crippen LogP contribution < -0.4 is 5.73 Å². The Bertz CT molecular complexity index is 782. The second-order valence-electron chi connectivity index (χ2n) is 4.70. The van der Waals surface area contributed by atoms with Crippen molar-refractivity contribution in [2.45, 2.75) is 6.42 Å². The van der Waals surface area contributed by atoms with Gasteiger partial charge in [0.1, 0.15) is 11.6 Å². The molecule has 0 saturated heterocycles. The zero-order valence-electron chi connectivity index (χ0n) is 11.2. The van der Waals surface area contributed by atoms with Crippen LogP contribution in [-0.4, -0.2) is 16.5 Å². The Morgan fingerprint density at radius 1 is 0.905 bits per heavy atom. The van der Waals surface area contributed by atoms with Crippen LogP contribution in [0.4, 0.5) is 8.78 Å². The van der Waals surface area contributed by atoms with Gasteiger partial charge in [-0.25, -0.2) is 18.7 Å². The molecule has 21 heavy (non-hydrogen) atoms. The molecule has 0 amide bonds. The van der Waals surface area contributed by atoms with E-state index in [0.717, 1.165) is 11.6 Å². The lowest BCUT2D eigenvalue weighted by Crippen LogP contribution is -2.07. The molecule has 0 saturated carbocycles. The Balaban J connectivity index is 2.25. The molecule has 1 aromatic heterocycles. The average Bonchev–Trinajstić information content (AvgIpc) is 2.46. The van der Waals surface area contributed by atoms with Crippen molar-refractivity contribution in [3.8, 4) is 11.3 Å². The summed E-state index contributed by atoms with van der Waals surface area (Å²) in [6.45, 7) is 0.387. The molecule has 3 nitrogen and oxygen atoms in total. The monoisotopic (exact) mass is 285 g/mol. The number of fused-ring (bicyclic) bond motifs is 1. The zero-order valence-corrected chi connectivity index (χ0v) is 11.2. The van der Waals surface area contributed by atoms with E-state index in [2.05, 4.69) is 9.97 Å². The van der Waals surface area contributed by atoms with Gasteiger partial charge in [-0.1, -0.05) is 12.1 Å². The molecule has 3 aromatic rings. The number of hydrogen-bond acceptors (Lipinski definition) is 3. The second-order valence-corrected chi connectivity index (χ2v) is 4.70. The van der Waals surface area contributed by atoms with Crippen molar-refractivity contribution in [2.24, 2.45) is 5.73 Å². The summed E-state index contributed by atoms with van der Waals surface area (Å²) in [5.74, 6) is -1.28. The van der Waals surface area contributed by atoms with Crippen LogP contribution in [-0.2, 0) is 6.42 Å². The largest absolute Gasteiger partial charge is 0.330 e. The van der Waals surface area contributed by atoms with Crippen LogP contribution in [0.1, 0.15) is 5.69 Å². The van der Waals surface area contributed by atoms with E-state index in [1.54, 1.807) is 0 Å². The minimum atomic E-state index is -0.640. The number of hydrogen-bond donors (Lipinski definition) is 1. The molecule has 3 rings (SSSR count). The van der Waals surface area contributed by atoms with E-state index in [1.807, 2.05) is 24.3 Å². The molecule has 2 aromatic carbocycles. The maximum atomic E-state index is 13.4. The lowest BCUT2D eigenvalue weighted by atomic mass is 10.1. The van der Waals surface area contributed by atoms with Gasteiger partial charge in [-0.05, 0) is 30.8 Å². The fraction of sp³-hybridized carbons (Fsp3) is 0.125. The predicted octanol–water partition coefficient (Wildman–Crippen LogP) is 3.08. The van der Waals surface area contributed by atoms with Crippen molar-refractivity contribution < 1.29 is 8.78 Å². The Hall–Kier alpha value is -2.40. The Kier molecular flexibility index (Phi) is 3.58. The van der Waals surface area contributed by atoms with E-state index in [9.17, 15) is 8.78 Å². The summed E-state index contributed by atoms with van der Waals surface area (Å²) < 4.78 is 26.9. The topological polar surface area (TPSA) is 51.8 Å². The number of aromatic nitrogens is 2. The van der Waals surface area contributed by atoms with Gasteiger partial charge in [-0.2, -0.15) is 0 Å². The molecule has 0 spiro atoms. The summed E-state index contributed by atoms with van der Waals surface area (Å²) in [6.07, 6.45) is 0.491. The van der Waals surface area contributed by atoms with Crippen LogP contribution in [0.5, 0.6) is 0 Å². The highest BCUT2D eigenvalue weighted by Crippen LogP contribution is 2.25. The van der Waals surface area contributed by atoms with Gasteiger partial charge in [0.2, 0.25) is 0 Å². The molecule has 5 heteroatoms. The zero-order chi connectivity index (χ0) is 14.8. The van der Waals surface area contributed by atoms with Crippen LogP contribution in [0.15, 0.2) is 42.5 Å². The van der Waals surface area contributed by atoms with Crippen LogP contribution in [0, 0.1) is 11.6 Å². The predicted molar refractivity (Wildman–Crippen MR) is 77.6 cm³/mol. The smallest absolute Gasteiger partial charge is 0.126 e. The SMILES string of the molecule is NCCc1nc2ccccc2nc1-c1cc(F)cc(F)c1. The first-order valence-electron chi connectivity index (χ1n) is 6.59. The van der Waals surface area contributed by atoms with E-state index in [0.29, 0.717) is 35.4 Å². The van der Waals surface area contributed by atoms with Gasteiger partial charge in [-0.3, -0.25) is 0 Å². The summed E-state index contributed by atoms with van der Waals surface area (Å²) in [6, 6.07) is 10.7. The van der Waals surface area contributed by atoms with Crippen LogP contribution >= 0.6 is 0 Å². The quantitative estimate of drug-likeness (QED) is 0.804. The summed E-state index contributed by atoms with van der Waals surface area (Å²) in [7, 11) is 0. The third kappa shape index (κ3) is 2.73. The summed E-state index contributed by atoms with van der Waals surface area (Å²) in [5.41, 5.74) is 8.49. The summed E-state index contributed by atoms with van der Waals surface area (Å²) >= 11 is 0. The molecule has 0 unspecified atom stereocenters. The highest BCUT2D eigenvalue weighted by atomic mass is 19.1. The van der Waals surface area contributed by atoms with Crippen molar-refractivity contribution in [2.75, 3.05) is 6.54 Å². The fourth-order valence-corrected chi connectivity index (χ4v) is 2.27. The standard InChI is InChI=1S/C16H13F2N3/c17-11-7-10(8-12(18)9-11)16-15(5-6-19)20-13-3-1-2-4-14(13)21-16/h1-4,7-9H,5-6,19H2. The second kappa shape index (κ2) is 5.54. The van der Waals surface area contributed by atoms with E-state index in [-0.39, 0.29) is 0 Å². The van der Waals surface area contributed by atoms with E-state index in [1.165, 1.54) is 12.1 Å². The van der Waals surface area contributed by atoms with Crippen molar-refractivity contribution in [1.29, 1.82) is 0 Å². The van der Waals surface area contributed by atoms with Crippen molar-refractivity contribution in [3.05, 3.63) is 59.8 Å². The maximum Gasteiger partial charge on any atom is 0.126 e. The van der Waals surface area contributed by atoms with Gasteiger partial charge in [0.05, 0.1) is 22.4 Å². The highest BCUT2D eigenvalue weighted by Gasteiger charge is 2.12. The molecule has 0 atom stereocenters. The molecule has 0 aliphatic rings. The first-order valence-corrected chi connectivity index (χ1v) is 6.59. The van der Waals surface area contributed by atoms with Crippen LogP contribution in [0.2, 0.25) is 0 Å². The highest BCUT2D eigenvalue weighted by molar-refractivity contribution is 5.78. The lowest BCUT2D eigenvalue weighted by Gasteiger charge is -2.09. The van der Waals surface area contributed by atoms with Crippen molar-refractivity contribution >= 4 is 11.0 Å². The number of nitrogens with zero attached hydrogens (tertiary/aromatic N) is 2. The molecule has 106 valence electrons. The maximum absolute atomic E-state index is 13.4. The molecule has 0 aliphatic carbocycles. The van der Waals surface area contributed by atoms with Gasteiger partial charge in [0.15, 0.2) is 0 Å². The van der Waals surface area contributed by atoms with Crippen molar-refractivity contribution in [3.63, 3.8) is 0 Å². The van der Waals surface area contributed by atoms with Gasteiger partial charge in [0, 0.05) is 18.1 Å².